The van der Waals surface area contributed by atoms with Crippen LogP contribution in [0.1, 0.15) is 34.3 Å². The smallest absolute Gasteiger partial charge is 0.275 e. The van der Waals surface area contributed by atoms with E-state index in [0.29, 0.717) is 18.8 Å². The first-order valence-corrected chi connectivity index (χ1v) is 9.66. The number of hydrogen-bond acceptors (Lipinski definition) is 5. The van der Waals surface area contributed by atoms with Crippen molar-refractivity contribution in [3.05, 3.63) is 59.9 Å². The van der Waals surface area contributed by atoms with E-state index in [2.05, 4.69) is 20.2 Å². The van der Waals surface area contributed by atoms with E-state index in [1.807, 2.05) is 60.0 Å². The fraction of sp³-hybridized carbons (Fsp3) is 0.286. The van der Waals surface area contributed by atoms with Crippen molar-refractivity contribution < 1.29 is 4.79 Å². The molecule has 1 saturated heterocycles. The zero-order valence-electron chi connectivity index (χ0n) is 16.3. The van der Waals surface area contributed by atoms with Gasteiger partial charge in [-0.15, -0.1) is 0 Å². The highest BCUT2D eigenvalue weighted by molar-refractivity contribution is 6.04. The molecule has 1 aromatic carbocycles. The van der Waals surface area contributed by atoms with Crippen molar-refractivity contribution in [1.29, 1.82) is 0 Å². The van der Waals surface area contributed by atoms with E-state index in [-0.39, 0.29) is 11.8 Å². The summed E-state index contributed by atoms with van der Waals surface area (Å²) in [5.41, 5.74) is 3.05. The lowest BCUT2D eigenvalue weighted by Gasteiger charge is -2.15. The van der Waals surface area contributed by atoms with Crippen LogP contribution >= 0.6 is 0 Å². The first-order chi connectivity index (χ1) is 14.1. The van der Waals surface area contributed by atoms with Crippen LogP contribution in [0.2, 0.25) is 0 Å². The number of nitrogens with one attached hydrogen (secondary N) is 1. The monoisotopic (exact) mass is 387 g/mol. The molecule has 1 aliphatic heterocycles. The predicted octanol–water partition coefficient (Wildman–Crippen LogP) is 2.69. The number of aryl methyl sites for hydroxylation is 2. The molecule has 4 heterocycles. The van der Waals surface area contributed by atoms with Gasteiger partial charge in [0.2, 0.25) is 0 Å². The van der Waals surface area contributed by atoms with Crippen LogP contribution in [0, 0.1) is 6.92 Å². The van der Waals surface area contributed by atoms with Crippen LogP contribution in [-0.4, -0.2) is 53.6 Å². The van der Waals surface area contributed by atoms with Gasteiger partial charge in [0.1, 0.15) is 11.5 Å². The van der Waals surface area contributed by atoms with Crippen molar-refractivity contribution in [3.8, 4) is 11.5 Å². The number of fused-ring (bicyclic) bond motifs is 1. The van der Waals surface area contributed by atoms with Crippen molar-refractivity contribution in [2.45, 2.75) is 19.3 Å². The lowest BCUT2D eigenvalue weighted by Crippen LogP contribution is -2.29. The standard InChI is InChI=1S/C21H21N7O/c1-13-11-17(20-22-8-10-27(20)2)24-19(23-13)14-7-9-28(12-14)21(29)18-15-5-3-4-6-16(15)25-26-18/h3-6,8,10-11,14H,7,9,12H2,1-2H3,(H,25,26). The van der Waals surface area contributed by atoms with Crippen LogP contribution in [0.15, 0.2) is 42.7 Å². The Balaban J connectivity index is 1.40. The number of aromatic nitrogens is 6. The first-order valence-electron chi connectivity index (χ1n) is 9.66. The molecule has 29 heavy (non-hydrogen) atoms. The van der Waals surface area contributed by atoms with Gasteiger partial charge in [0, 0.05) is 49.5 Å². The number of carbonyl (C=O) groups is 1. The summed E-state index contributed by atoms with van der Waals surface area (Å²) in [6, 6.07) is 9.63. The van der Waals surface area contributed by atoms with Crippen LogP contribution in [0.3, 0.4) is 0 Å². The maximum atomic E-state index is 13.1. The van der Waals surface area contributed by atoms with E-state index in [4.69, 9.17) is 4.98 Å². The fourth-order valence-electron chi connectivity index (χ4n) is 3.93. The van der Waals surface area contributed by atoms with Gasteiger partial charge >= 0.3 is 0 Å². The normalized spacial score (nSPS) is 16.6. The number of imidazole rings is 1. The number of hydrogen-bond donors (Lipinski definition) is 1. The molecule has 0 saturated carbocycles. The summed E-state index contributed by atoms with van der Waals surface area (Å²) in [5, 5.41) is 8.04. The van der Waals surface area contributed by atoms with Crippen molar-refractivity contribution in [2.75, 3.05) is 13.1 Å². The zero-order chi connectivity index (χ0) is 20.0. The molecule has 8 heteroatoms. The van der Waals surface area contributed by atoms with E-state index in [9.17, 15) is 4.79 Å². The SMILES string of the molecule is Cc1cc(-c2nccn2C)nc(C2CCN(C(=O)c3n[nH]c4ccccc34)C2)n1. The van der Waals surface area contributed by atoms with Gasteiger partial charge in [0.05, 0.1) is 5.52 Å². The lowest BCUT2D eigenvalue weighted by molar-refractivity contribution is 0.0786. The Morgan fingerprint density at radius 1 is 1.24 bits per heavy atom. The third-order valence-corrected chi connectivity index (χ3v) is 5.44. The molecule has 1 unspecified atom stereocenters. The summed E-state index contributed by atoms with van der Waals surface area (Å²) in [4.78, 5) is 28.7. The molecule has 5 rings (SSSR count). The van der Waals surface area contributed by atoms with Crippen LogP contribution in [0.5, 0.6) is 0 Å². The topological polar surface area (TPSA) is 92.6 Å². The molecule has 8 nitrogen and oxygen atoms in total. The van der Waals surface area contributed by atoms with Crippen molar-refractivity contribution >= 4 is 16.8 Å². The third kappa shape index (κ3) is 3.06. The second-order valence-electron chi connectivity index (χ2n) is 7.47. The van der Waals surface area contributed by atoms with Gasteiger partial charge in [0.25, 0.3) is 5.91 Å². The second-order valence-corrected chi connectivity index (χ2v) is 7.47. The van der Waals surface area contributed by atoms with E-state index >= 15 is 0 Å². The van der Waals surface area contributed by atoms with E-state index in [0.717, 1.165) is 40.4 Å². The van der Waals surface area contributed by atoms with Crippen molar-refractivity contribution in [2.24, 2.45) is 7.05 Å². The largest absolute Gasteiger partial charge is 0.336 e. The quantitative estimate of drug-likeness (QED) is 0.583. The third-order valence-electron chi connectivity index (χ3n) is 5.44. The summed E-state index contributed by atoms with van der Waals surface area (Å²) in [6.45, 7) is 3.22. The highest BCUT2D eigenvalue weighted by atomic mass is 16.2. The van der Waals surface area contributed by atoms with E-state index < -0.39 is 0 Å². The Kier molecular flexibility index (Phi) is 4.12. The number of amides is 1. The van der Waals surface area contributed by atoms with Crippen LogP contribution < -0.4 is 0 Å². The Hall–Kier alpha value is -3.55. The van der Waals surface area contributed by atoms with Gasteiger partial charge in [-0.2, -0.15) is 5.10 Å². The molecule has 1 fully saturated rings. The molecule has 146 valence electrons. The van der Waals surface area contributed by atoms with E-state index in [1.165, 1.54) is 0 Å². The average molecular weight is 387 g/mol. The number of para-hydroxylation sites is 1. The Bertz CT molecular complexity index is 1210. The minimum absolute atomic E-state index is 0.0538. The van der Waals surface area contributed by atoms with Gasteiger partial charge in [0.15, 0.2) is 11.5 Å². The molecule has 1 N–H and O–H groups in total. The molecular weight excluding hydrogens is 366 g/mol. The minimum Gasteiger partial charge on any atom is -0.336 e. The number of benzene rings is 1. The van der Waals surface area contributed by atoms with Gasteiger partial charge in [-0.25, -0.2) is 15.0 Å². The van der Waals surface area contributed by atoms with Gasteiger partial charge in [-0.1, -0.05) is 18.2 Å². The maximum Gasteiger partial charge on any atom is 0.275 e. The Morgan fingerprint density at radius 3 is 2.93 bits per heavy atom. The zero-order valence-corrected chi connectivity index (χ0v) is 16.3. The van der Waals surface area contributed by atoms with Crippen LogP contribution in [0.4, 0.5) is 0 Å². The molecule has 3 aromatic heterocycles. The molecule has 1 aliphatic rings. The highest BCUT2D eigenvalue weighted by Crippen LogP contribution is 2.28. The summed E-state index contributed by atoms with van der Waals surface area (Å²) in [5.74, 6) is 1.63. The fourth-order valence-corrected chi connectivity index (χ4v) is 3.93. The molecular formula is C21H21N7O. The number of H-pyrrole nitrogens is 1. The number of aromatic amines is 1. The molecule has 0 radical (unpaired) electrons. The van der Waals surface area contributed by atoms with Crippen LogP contribution in [0.25, 0.3) is 22.4 Å². The van der Waals surface area contributed by atoms with Gasteiger partial charge in [-0.3, -0.25) is 9.89 Å². The highest BCUT2D eigenvalue weighted by Gasteiger charge is 2.31. The molecule has 0 aliphatic carbocycles. The average Bonchev–Trinajstić information content (AvgIpc) is 3.46. The number of rotatable bonds is 3. The summed E-state index contributed by atoms with van der Waals surface area (Å²) in [6.07, 6.45) is 4.49. The van der Waals surface area contributed by atoms with Crippen molar-refractivity contribution in [1.82, 2.24) is 34.6 Å². The summed E-state index contributed by atoms with van der Waals surface area (Å²) in [7, 11) is 1.95. The molecule has 1 amide bonds. The molecule has 0 bridgehead atoms. The van der Waals surface area contributed by atoms with Gasteiger partial charge < -0.3 is 9.47 Å². The summed E-state index contributed by atoms with van der Waals surface area (Å²) >= 11 is 0. The number of carbonyl (C=O) groups excluding carboxylic acids is 1. The lowest BCUT2D eigenvalue weighted by atomic mass is 10.1. The first kappa shape index (κ1) is 17.5. The molecule has 1 atom stereocenters. The number of likely N-dealkylation sites (tertiary alicyclic amines) is 1. The Labute approximate surface area is 167 Å². The minimum atomic E-state index is -0.0538. The summed E-state index contributed by atoms with van der Waals surface area (Å²) < 4.78 is 1.94. The Morgan fingerprint density at radius 2 is 2.10 bits per heavy atom. The van der Waals surface area contributed by atoms with Gasteiger partial charge in [-0.05, 0) is 25.5 Å². The maximum absolute atomic E-state index is 13.1. The second kappa shape index (κ2) is 6.80. The van der Waals surface area contributed by atoms with E-state index in [1.54, 1.807) is 6.20 Å². The van der Waals surface area contributed by atoms with Crippen LogP contribution in [-0.2, 0) is 7.05 Å². The molecule has 4 aromatic rings. The predicted molar refractivity (Wildman–Crippen MR) is 108 cm³/mol. The van der Waals surface area contributed by atoms with Crippen molar-refractivity contribution in [3.63, 3.8) is 0 Å². The number of nitrogens with zero attached hydrogens (tertiary/aromatic N) is 6. The molecule has 0 spiro atoms.